The molecular formula is C19H25NO3. The van der Waals surface area contributed by atoms with Crippen molar-refractivity contribution in [1.82, 2.24) is 5.32 Å². The molecule has 1 N–H and O–H groups in total. The van der Waals surface area contributed by atoms with E-state index in [1.165, 1.54) is 19.3 Å². The second-order valence-electron chi connectivity index (χ2n) is 5.69. The summed E-state index contributed by atoms with van der Waals surface area (Å²) in [5, 5.41) is 3.06. The molecule has 0 heterocycles. The summed E-state index contributed by atoms with van der Waals surface area (Å²) in [6.45, 7) is 4.05. The molecule has 0 unspecified atom stereocenters. The third-order valence-corrected chi connectivity index (χ3v) is 3.92. The van der Waals surface area contributed by atoms with Crippen molar-refractivity contribution >= 4 is 12.0 Å². The van der Waals surface area contributed by atoms with Gasteiger partial charge in [0.05, 0.1) is 7.11 Å². The van der Waals surface area contributed by atoms with E-state index in [0.717, 1.165) is 18.4 Å². The number of rotatable bonds is 7. The molecule has 2 rings (SSSR count). The topological polar surface area (TPSA) is 47.6 Å². The minimum atomic E-state index is -0.0390. The standard InChI is InChI=1S/C19H25NO3/c1-3-13-23-17-11-9-15(14-18(17)22-2)10-12-19(21)20-16-7-5-4-6-8-16/h3,9-12,14,16H,1,4-8,13H2,2H3,(H,20,21)/b12-10+. The Balaban J connectivity index is 1.95. The van der Waals surface area contributed by atoms with Crippen LogP contribution in [0.25, 0.3) is 6.08 Å². The second kappa shape index (κ2) is 9.03. The highest BCUT2D eigenvalue weighted by atomic mass is 16.5. The van der Waals surface area contributed by atoms with Crippen LogP contribution in [0.3, 0.4) is 0 Å². The number of amides is 1. The molecule has 1 saturated carbocycles. The third-order valence-electron chi connectivity index (χ3n) is 3.92. The summed E-state index contributed by atoms with van der Waals surface area (Å²) < 4.78 is 10.8. The predicted octanol–water partition coefficient (Wildman–Crippen LogP) is 3.72. The molecular weight excluding hydrogens is 290 g/mol. The van der Waals surface area contributed by atoms with E-state index in [0.29, 0.717) is 24.1 Å². The molecule has 0 bridgehead atoms. The molecule has 0 spiro atoms. The van der Waals surface area contributed by atoms with E-state index in [1.807, 2.05) is 18.2 Å². The predicted molar refractivity (Wildman–Crippen MR) is 92.7 cm³/mol. The summed E-state index contributed by atoms with van der Waals surface area (Å²) in [6.07, 6.45) is 10.9. The fraction of sp³-hybridized carbons (Fsp3) is 0.421. The molecule has 23 heavy (non-hydrogen) atoms. The smallest absolute Gasteiger partial charge is 0.244 e. The van der Waals surface area contributed by atoms with Crippen molar-refractivity contribution in [1.29, 1.82) is 0 Å². The van der Waals surface area contributed by atoms with Gasteiger partial charge in [-0.3, -0.25) is 4.79 Å². The molecule has 0 radical (unpaired) electrons. The van der Waals surface area contributed by atoms with Gasteiger partial charge in [0.2, 0.25) is 5.91 Å². The lowest BCUT2D eigenvalue weighted by Crippen LogP contribution is -2.34. The van der Waals surface area contributed by atoms with Crippen LogP contribution in [0.5, 0.6) is 11.5 Å². The normalized spacial score (nSPS) is 15.3. The summed E-state index contributed by atoms with van der Waals surface area (Å²) in [5.74, 6) is 1.26. The molecule has 1 aromatic carbocycles. The monoisotopic (exact) mass is 315 g/mol. The first kappa shape index (κ1) is 17.1. The van der Waals surface area contributed by atoms with E-state index in [4.69, 9.17) is 9.47 Å². The van der Waals surface area contributed by atoms with E-state index in [2.05, 4.69) is 11.9 Å². The van der Waals surface area contributed by atoms with Crippen molar-refractivity contribution in [2.24, 2.45) is 0 Å². The summed E-state index contributed by atoms with van der Waals surface area (Å²) in [4.78, 5) is 12.0. The quantitative estimate of drug-likeness (QED) is 0.616. The Morgan fingerprint density at radius 2 is 2.09 bits per heavy atom. The van der Waals surface area contributed by atoms with Gasteiger partial charge in [-0.1, -0.05) is 38.0 Å². The Bertz CT molecular complexity index is 560. The van der Waals surface area contributed by atoms with Crippen molar-refractivity contribution in [2.75, 3.05) is 13.7 Å². The summed E-state index contributed by atoms with van der Waals surface area (Å²) in [7, 11) is 1.60. The molecule has 4 nitrogen and oxygen atoms in total. The molecule has 0 aromatic heterocycles. The molecule has 1 aliphatic rings. The van der Waals surface area contributed by atoms with Crippen molar-refractivity contribution in [3.63, 3.8) is 0 Å². The van der Waals surface area contributed by atoms with Gasteiger partial charge in [-0.2, -0.15) is 0 Å². The Hall–Kier alpha value is -2.23. The highest BCUT2D eigenvalue weighted by molar-refractivity contribution is 5.92. The Morgan fingerprint density at radius 3 is 2.78 bits per heavy atom. The number of hydrogen-bond acceptors (Lipinski definition) is 3. The fourth-order valence-electron chi connectivity index (χ4n) is 2.72. The number of carbonyl (C=O) groups excluding carboxylic acids is 1. The van der Waals surface area contributed by atoms with E-state index in [1.54, 1.807) is 25.3 Å². The molecule has 4 heteroatoms. The zero-order chi connectivity index (χ0) is 16.5. The zero-order valence-corrected chi connectivity index (χ0v) is 13.7. The van der Waals surface area contributed by atoms with Gasteiger partial charge in [0, 0.05) is 12.1 Å². The lowest BCUT2D eigenvalue weighted by molar-refractivity contribution is -0.117. The Labute approximate surface area is 138 Å². The molecule has 1 aliphatic carbocycles. The zero-order valence-electron chi connectivity index (χ0n) is 13.7. The Morgan fingerprint density at radius 1 is 1.30 bits per heavy atom. The van der Waals surface area contributed by atoms with Gasteiger partial charge >= 0.3 is 0 Å². The van der Waals surface area contributed by atoms with Crippen molar-refractivity contribution < 1.29 is 14.3 Å². The van der Waals surface area contributed by atoms with Gasteiger partial charge in [-0.15, -0.1) is 0 Å². The van der Waals surface area contributed by atoms with Gasteiger partial charge in [0.15, 0.2) is 11.5 Å². The minimum Gasteiger partial charge on any atom is -0.493 e. The highest BCUT2D eigenvalue weighted by Crippen LogP contribution is 2.28. The SMILES string of the molecule is C=CCOc1ccc(/C=C/C(=O)NC2CCCCC2)cc1OC. The number of ether oxygens (including phenoxy) is 2. The van der Waals surface area contributed by atoms with Crippen LogP contribution < -0.4 is 14.8 Å². The van der Waals surface area contributed by atoms with Crippen LogP contribution in [0.1, 0.15) is 37.7 Å². The minimum absolute atomic E-state index is 0.0390. The second-order valence-corrected chi connectivity index (χ2v) is 5.69. The molecule has 124 valence electrons. The van der Waals surface area contributed by atoms with Gasteiger partial charge < -0.3 is 14.8 Å². The van der Waals surface area contributed by atoms with Crippen LogP contribution in [0.2, 0.25) is 0 Å². The average Bonchev–Trinajstić information content (AvgIpc) is 2.59. The highest BCUT2D eigenvalue weighted by Gasteiger charge is 2.14. The van der Waals surface area contributed by atoms with Crippen LogP contribution in [0.15, 0.2) is 36.9 Å². The van der Waals surface area contributed by atoms with Gasteiger partial charge in [-0.25, -0.2) is 0 Å². The number of methoxy groups -OCH3 is 1. The maximum atomic E-state index is 12.0. The van der Waals surface area contributed by atoms with Crippen molar-refractivity contribution in [3.05, 3.63) is 42.5 Å². The first-order valence-corrected chi connectivity index (χ1v) is 8.13. The molecule has 0 aliphatic heterocycles. The lowest BCUT2D eigenvalue weighted by Gasteiger charge is -2.21. The Kier molecular flexibility index (Phi) is 6.73. The maximum Gasteiger partial charge on any atom is 0.244 e. The molecule has 0 atom stereocenters. The van der Waals surface area contributed by atoms with Crippen LogP contribution in [-0.2, 0) is 4.79 Å². The first-order valence-electron chi connectivity index (χ1n) is 8.13. The third kappa shape index (κ3) is 5.47. The van der Waals surface area contributed by atoms with Crippen LogP contribution in [-0.4, -0.2) is 25.7 Å². The summed E-state index contributed by atoms with van der Waals surface area (Å²) in [6, 6.07) is 5.90. The number of nitrogens with one attached hydrogen (secondary N) is 1. The first-order chi connectivity index (χ1) is 11.2. The van der Waals surface area contributed by atoms with Crippen LogP contribution in [0.4, 0.5) is 0 Å². The lowest BCUT2D eigenvalue weighted by atomic mass is 9.95. The van der Waals surface area contributed by atoms with E-state index in [-0.39, 0.29) is 5.91 Å². The molecule has 1 aromatic rings. The molecule has 1 amide bonds. The average molecular weight is 315 g/mol. The largest absolute Gasteiger partial charge is 0.493 e. The van der Waals surface area contributed by atoms with E-state index < -0.39 is 0 Å². The van der Waals surface area contributed by atoms with Crippen LogP contribution >= 0.6 is 0 Å². The summed E-state index contributed by atoms with van der Waals surface area (Å²) >= 11 is 0. The van der Waals surface area contributed by atoms with E-state index in [9.17, 15) is 4.79 Å². The molecule has 1 fully saturated rings. The number of carbonyl (C=O) groups is 1. The number of benzene rings is 1. The fourth-order valence-corrected chi connectivity index (χ4v) is 2.72. The van der Waals surface area contributed by atoms with E-state index >= 15 is 0 Å². The number of hydrogen-bond donors (Lipinski definition) is 1. The summed E-state index contributed by atoms with van der Waals surface area (Å²) in [5.41, 5.74) is 0.895. The van der Waals surface area contributed by atoms with Crippen LogP contribution in [0, 0.1) is 0 Å². The van der Waals surface area contributed by atoms with Crippen molar-refractivity contribution in [2.45, 2.75) is 38.1 Å². The maximum absolute atomic E-state index is 12.0. The van der Waals surface area contributed by atoms with Gasteiger partial charge in [0.25, 0.3) is 0 Å². The van der Waals surface area contributed by atoms with Gasteiger partial charge in [-0.05, 0) is 36.6 Å². The molecule has 0 saturated heterocycles. The van der Waals surface area contributed by atoms with Crippen molar-refractivity contribution in [3.8, 4) is 11.5 Å². The van der Waals surface area contributed by atoms with Gasteiger partial charge in [0.1, 0.15) is 6.61 Å².